The number of ether oxygens (including phenoxy) is 3. The number of benzene rings is 1. The van der Waals surface area contributed by atoms with Gasteiger partial charge in [-0.2, -0.15) is 0 Å². The number of aliphatic hydroxyl groups is 1. The van der Waals surface area contributed by atoms with Gasteiger partial charge in [-0.05, 0) is 31.4 Å². The molecule has 0 amide bonds. The van der Waals surface area contributed by atoms with Gasteiger partial charge in [0.1, 0.15) is 5.75 Å². The minimum absolute atomic E-state index is 0.273. The minimum atomic E-state index is 0.273. The van der Waals surface area contributed by atoms with Crippen LogP contribution in [0.5, 0.6) is 17.2 Å². The van der Waals surface area contributed by atoms with E-state index in [1.165, 1.54) is 0 Å². The normalized spacial score (nSPS) is 22.0. The van der Waals surface area contributed by atoms with E-state index in [1.807, 2.05) is 12.1 Å². The van der Waals surface area contributed by atoms with E-state index in [9.17, 15) is 5.11 Å². The molecule has 0 aromatic heterocycles. The molecule has 0 bridgehead atoms. The van der Waals surface area contributed by atoms with Crippen molar-refractivity contribution in [3.63, 3.8) is 0 Å². The maximum Gasteiger partial charge on any atom is 0.231 e. The van der Waals surface area contributed by atoms with Crippen molar-refractivity contribution in [1.82, 2.24) is 4.90 Å². The standard InChI is InChI=1S/C15H21NO4/c1-18-13-6-15-14(19-10-20-15)5-12(13)8-16-4-2-3-11(7-16)9-17/h5-6,11,17H,2-4,7-10H2,1H3. The number of fused-ring (bicyclic) bond motifs is 1. The van der Waals surface area contributed by atoms with Crippen LogP contribution in [0.25, 0.3) is 0 Å². The lowest BCUT2D eigenvalue weighted by atomic mass is 9.98. The van der Waals surface area contributed by atoms with Crippen LogP contribution in [0.15, 0.2) is 12.1 Å². The molecule has 0 radical (unpaired) electrons. The second-order valence-corrected chi connectivity index (χ2v) is 5.44. The minimum Gasteiger partial charge on any atom is -0.496 e. The maximum atomic E-state index is 9.31. The predicted octanol–water partition coefficient (Wildman–Crippen LogP) is 1.63. The van der Waals surface area contributed by atoms with Crippen LogP contribution in [0.3, 0.4) is 0 Å². The molecule has 1 N–H and O–H groups in total. The number of likely N-dealkylation sites (tertiary alicyclic amines) is 1. The van der Waals surface area contributed by atoms with E-state index in [0.717, 1.165) is 55.3 Å². The Hall–Kier alpha value is -1.46. The number of piperidine rings is 1. The molecule has 1 saturated heterocycles. The van der Waals surface area contributed by atoms with Gasteiger partial charge in [-0.3, -0.25) is 4.90 Å². The van der Waals surface area contributed by atoms with Crippen LogP contribution in [0.4, 0.5) is 0 Å². The molecule has 3 rings (SSSR count). The van der Waals surface area contributed by atoms with Crippen LogP contribution in [0.2, 0.25) is 0 Å². The lowest BCUT2D eigenvalue weighted by molar-refractivity contribution is 0.115. The van der Waals surface area contributed by atoms with Gasteiger partial charge >= 0.3 is 0 Å². The number of rotatable bonds is 4. The highest BCUT2D eigenvalue weighted by Crippen LogP contribution is 2.38. The molecule has 1 aromatic rings. The smallest absolute Gasteiger partial charge is 0.231 e. The lowest BCUT2D eigenvalue weighted by Gasteiger charge is -2.32. The Bertz CT molecular complexity index is 477. The third kappa shape index (κ3) is 2.69. The highest BCUT2D eigenvalue weighted by Gasteiger charge is 2.22. The van der Waals surface area contributed by atoms with E-state index in [-0.39, 0.29) is 13.4 Å². The topological polar surface area (TPSA) is 51.2 Å². The fraction of sp³-hybridized carbons (Fsp3) is 0.600. The summed E-state index contributed by atoms with van der Waals surface area (Å²) in [6.45, 7) is 3.37. The molecule has 0 spiro atoms. The van der Waals surface area contributed by atoms with Gasteiger partial charge in [0, 0.05) is 31.3 Å². The van der Waals surface area contributed by atoms with Gasteiger partial charge in [0.05, 0.1) is 7.11 Å². The molecular formula is C15H21NO4. The summed E-state index contributed by atoms with van der Waals surface area (Å²) in [7, 11) is 1.67. The Morgan fingerprint density at radius 3 is 2.90 bits per heavy atom. The Labute approximate surface area is 119 Å². The van der Waals surface area contributed by atoms with Crippen molar-refractivity contribution in [1.29, 1.82) is 0 Å². The van der Waals surface area contributed by atoms with Gasteiger partial charge in [0.2, 0.25) is 6.79 Å². The molecule has 1 unspecified atom stereocenters. The van der Waals surface area contributed by atoms with Gasteiger partial charge in [-0.25, -0.2) is 0 Å². The molecule has 110 valence electrons. The van der Waals surface area contributed by atoms with Crippen LogP contribution < -0.4 is 14.2 Å². The number of aliphatic hydroxyl groups excluding tert-OH is 1. The number of hydrogen-bond acceptors (Lipinski definition) is 5. The zero-order valence-electron chi connectivity index (χ0n) is 11.8. The molecule has 0 saturated carbocycles. The first kappa shape index (κ1) is 13.5. The van der Waals surface area contributed by atoms with Crippen LogP contribution in [0.1, 0.15) is 18.4 Å². The molecule has 1 aromatic carbocycles. The summed E-state index contributed by atoms with van der Waals surface area (Å²) >= 11 is 0. The lowest BCUT2D eigenvalue weighted by Crippen LogP contribution is -2.36. The predicted molar refractivity (Wildman–Crippen MR) is 74.2 cm³/mol. The average molecular weight is 279 g/mol. The van der Waals surface area contributed by atoms with Gasteiger partial charge < -0.3 is 19.3 Å². The van der Waals surface area contributed by atoms with E-state index in [0.29, 0.717) is 5.92 Å². The molecular weight excluding hydrogens is 258 g/mol. The summed E-state index contributed by atoms with van der Waals surface area (Å²) < 4.78 is 16.3. The fourth-order valence-electron chi connectivity index (χ4n) is 2.96. The highest BCUT2D eigenvalue weighted by molar-refractivity contribution is 5.51. The maximum absolute atomic E-state index is 9.31. The van der Waals surface area contributed by atoms with Crippen molar-refractivity contribution in [2.75, 3.05) is 33.6 Å². The zero-order chi connectivity index (χ0) is 13.9. The van der Waals surface area contributed by atoms with E-state index in [1.54, 1.807) is 7.11 Å². The van der Waals surface area contributed by atoms with Crippen LogP contribution >= 0.6 is 0 Å². The summed E-state index contributed by atoms with van der Waals surface area (Å²) in [5.74, 6) is 2.76. The van der Waals surface area contributed by atoms with Crippen LogP contribution in [-0.2, 0) is 6.54 Å². The van der Waals surface area contributed by atoms with E-state index in [2.05, 4.69) is 4.90 Å². The Kier molecular flexibility index (Phi) is 3.98. The van der Waals surface area contributed by atoms with Crippen molar-refractivity contribution in [3.05, 3.63) is 17.7 Å². The molecule has 20 heavy (non-hydrogen) atoms. The number of methoxy groups -OCH3 is 1. The summed E-state index contributed by atoms with van der Waals surface area (Å²) in [5.41, 5.74) is 1.11. The van der Waals surface area contributed by atoms with Crippen molar-refractivity contribution in [2.24, 2.45) is 5.92 Å². The second-order valence-electron chi connectivity index (χ2n) is 5.44. The van der Waals surface area contributed by atoms with Gasteiger partial charge in [0.15, 0.2) is 11.5 Å². The summed E-state index contributed by atoms with van der Waals surface area (Å²) in [5, 5.41) is 9.31. The third-order valence-electron chi connectivity index (χ3n) is 4.03. The summed E-state index contributed by atoms with van der Waals surface area (Å²) in [4.78, 5) is 2.37. The Morgan fingerprint density at radius 2 is 2.15 bits per heavy atom. The van der Waals surface area contributed by atoms with Gasteiger partial charge in [0.25, 0.3) is 0 Å². The fourth-order valence-corrected chi connectivity index (χ4v) is 2.96. The Morgan fingerprint density at radius 1 is 1.35 bits per heavy atom. The SMILES string of the molecule is COc1cc2c(cc1CN1CCCC(CO)C1)OCO2. The first-order valence-corrected chi connectivity index (χ1v) is 7.10. The third-order valence-corrected chi connectivity index (χ3v) is 4.03. The van der Waals surface area contributed by atoms with E-state index >= 15 is 0 Å². The first-order chi connectivity index (χ1) is 9.80. The van der Waals surface area contributed by atoms with Crippen LogP contribution in [-0.4, -0.2) is 43.6 Å². The van der Waals surface area contributed by atoms with Gasteiger partial charge in [-0.1, -0.05) is 0 Å². The number of hydrogen-bond donors (Lipinski definition) is 1. The second kappa shape index (κ2) is 5.89. The quantitative estimate of drug-likeness (QED) is 0.908. The van der Waals surface area contributed by atoms with Crippen molar-refractivity contribution in [3.8, 4) is 17.2 Å². The molecule has 1 fully saturated rings. The molecule has 5 heteroatoms. The molecule has 5 nitrogen and oxygen atoms in total. The van der Waals surface area contributed by atoms with Gasteiger partial charge in [-0.15, -0.1) is 0 Å². The monoisotopic (exact) mass is 279 g/mol. The van der Waals surface area contributed by atoms with Crippen LogP contribution in [0, 0.1) is 5.92 Å². The first-order valence-electron chi connectivity index (χ1n) is 7.10. The largest absolute Gasteiger partial charge is 0.496 e. The van der Waals surface area contributed by atoms with E-state index in [4.69, 9.17) is 14.2 Å². The summed E-state index contributed by atoms with van der Waals surface area (Å²) in [6.07, 6.45) is 2.25. The molecule has 2 aliphatic rings. The summed E-state index contributed by atoms with van der Waals surface area (Å²) in [6, 6.07) is 3.90. The molecule has 2 aliphatic heterocycles. The Balaban J connectivity index is 1.76. The molecule has 1 atom stereocenters. The number of nitrogens with zero attached hydrogens (tertiary/aromatic N) is 1. The van der Waals surface area contributed by atoms with E-state index < -0.39 is 0 Å². The average Bonchev–Trinajstić information content (AvgIpc) is 2.93. The van der Waals surface area contributed by atoms with Crippen molar-refractivity contribution >= 4 is 0 Å². The highest BCUT2D eigenvalue weighted by atomic mass is 16.7. The zero-order valence-corrected chi connectivity index (χ0v) is 11.8. The molecule has 0 aliphatic carbocycles. The molecule has 2 heterocycles. The van der Waals surface area contributed by atoms with Crippen molar-refractivity contribution in [2.45, 2.75) is 19.4 Å². The van der Waals surface area contributed by atoms with Crippen molar-refractivity contribution < 1.29 is 19.3 Å².